The third kappa shape index (κ3) is 3.63. The molecule has 2 heterocycles. The molecule has 2 aromatic heterocycles. The number of nitrogens with zero attached hydrogens (tertiary/aromatic N) is 2. The molecule has 0 saturated heterocycles. The van der Waals surface area contributed by atoms with Crippen LogP contribution in [-0.2, 0) is 17.6 Å². The summed E-state index contributed by atoms with van der Waals surface area (Å²) < 4.78 is 0. The molecule has 0 bridgehead atoms. The quantitative estimate of drug-likeness (QED) is 0.900. The molecule has 0 aliphatic carbocycles. The number of hydrogen-bond acceptors (Lipinski definition) is 4. The van der Waals surface area contributed by atoms with Crippen molar-refractivity contribution in [2.45, 2.75) is 26.2 Å². The summed E-state index contributed by atoms with van der Waals surface area (Å²) in [5, 5.41) is 3.48. The van der Waals surface area contributed by atoms with Crippen molar-refractivity contribution >= 4 is 22.4 Å². The molecule has 0 aliphatic heterocycles. The fraction of sp³-hybridized carbons (Fsp3) is 0.308. The molecule has 0 atom stereocenters. The van der Waals surface area contributed by atoms with Crippen LogP contribution in [0.15, 0.2) is 30.7 Å². The lowest BCUT2D eigenvalue weighted by Crippen LogP contribution is -2.14. The third-order valence-electron chi connectivity index (χ3n) is 2.38. The van der Waals surface area contributed by atoms with Gasteiger partial charge in [0.05, 0.1) is 6.42 Å². The van der Waals surface area contributed by atoms with Crippen LogP contribution < -0.4 is 5.32 Å². The number of pyridine rings is 1. The Morgan fingerprint density at radius 3 is 3.06 bits per heavy atom. The molecule has 18 heavy (non-hydrogen) atoms. The average Bonchev–Trinajstić information content (AvgIpc) is 2.78. The summed E-state index contributed by atoms with van der Waals surface area (Å²) in [5.74, 6) is -0.0552. The summed E-state index contributed by atoms with van der Waals surface area (Å²) in [4.78, 5) is 21.1. The number of hydrogen-bond donors (Lipinski definition) is 1. The second-order valence-corrected chi connectivity index (χ2v) is 5.08. The summed E-state index contributed by atoms with van der Waals surface area (Å²) in [5.41, 5.74) is 0.903. The first-order valence-electron chi connectivity index (χ1n) is 5.91. The van der Waals surface area contributed by atoms with Gasteiger partial charge in [-0.2, -0.15) is 0 Å². The Labute approximate surface area is 110 Å². The van der Waals surface area contributed by atoms with Crippen LogP contribution in [-0.4, -0.2) is 15.9 Å². The van der Waals surface area contributed by atoms with Gasteiger partial charge in [-0.1, -0.05) is 19.4 Å². The third-order valence-corrected chi connectivity index (χ3v) is 3.36. The van der Waals surface area contributed by atoms with Gasteiger partial charge in [-0.25, -0.2) is 4.98 Å². The smallest absolute Gasteiger partial charge is 0.230 e. The Morgan fingerprint density at radius 1 is 1.44 bits per heavy atom. The van der Waals surface area contributed by atoms with E-state index in [0.29, 0.717) is 11.6 Å². The van der Waals surface area contributed by atoms with Gasteiger partial charge < -0.3 is 5.32 Å². The molecular formula is C13H15N3OS. The Bertz CT molecular complexity index is 510. The maximum Gasteiger partial charge on any atom is 0.230 e. The Morgan fingerprint density at radius 2 is 2.33 bits per heavy atom. The molecule has 0 spiro atoms. The van der Waals surface area contributed by atoms with E-state index in [1.165, 1.54) is 16.2 Å². The monoisotopic (exact) mass is 261 g/mol. The highest BCUT2D eigenvalue weighted by atomic mass is 32.1. The van der Waals surface area contributed by atoms with Gasteiger partial charge in [-0.05, 0) is 18.1 Å². The van der Waals surface area contributed by atoms with Gasteiger partial charge in [0.1, 0.15) is 0 Å². The van der Waals surface area contributed by atoms with Crippen LogP contribution in [0, 0.1) is 0 Å². The van der Waals surface area contributed by atoms with Gasteiger partial charge in [0.15, 0.2) is 5.13 Å². The lowest BCUT2D eigenvalue weighted by atomic mass is 10.2. The molecular weight excluding hydrogens is 246 g/mol. The topological polar surface area (TPSA) is 54.9 Å². The van der Waals surface area contributed by atoms with Gasteiger partial charge in [-0.3, -0.25) is 9.78 Å². The zero-order valence-electron chi connectivity index (χ0n) is 10.2. The molecule has 0 radical (unpaired) electrons. The number of amides is 1. The Kier molecular flexibility index (Phi) is 4.41. The molecule has 0 aliphatic rings. The van der Waals surface area contributed by atoms with E-state index >= 15 is 0 Å². The van der Waals surface area contributed by atoms with Crippen molar-refractivity contribution in [1.82, 2.24) is 9.97 Å². The maximum absolute atomic E-state index is 11.8. The normalized spacial score (nSPS) is 10.3. The van der Waals surface area contributed by atoms with Crippen LogP contribution in [0.3, 0.4) is 0 Å². The number of thiazole rings is 1. The fourth-order valence-corrected chi connectivity index (χ4v) is 2.51. The van der Waals surface area contributed by atoms with Crippen molar-refractivity contribution in [2.75, 3.05) is 5.32 Å². The van der Waals surface area contributed by atoms with E-state index in [2.05, 4.69) is 22.2 Å². The summed E-state index contributed by atoms with van der Waals surface area (Å²) in [7, 11) is 0. The van der Waals surface area contributed by atoms with Gasteiger partial charge in [0.25, 0.3) is 0 Å². The Hall–Kier alpha value is -1.75. The standard InChI is InChI=1S/C13H15N3OS/c1-2-4-11-9-15-13(18-11)16-12(17)7-10-5-3-6-14-8-10/h3,5-6,8-9H,2,4,7H2,1H3,(H,15,16,17). The molecule has 0 unspecified atom stereocenters. The van der Waals surface area contributed by atoms with Crippen LogP contribution >= 0.6 is 11.3 Å². The van der Waals surface area contributed by atoms with Crippen LogP contribution in [0.4, 0.5) is 5.13 Å². The SMILES string of the molecule is CCCc1cnc(NC(=O)Cc2cccnc2)s1. The average molecular weight is 261 g/mol. The van der Waals surface area contributed by atoms with Crippen LogP contribution in [0.2, 0.25) is 0 Å². The van der Waals surface area contributed by atoms with Crippen LogP contribution in [0.25, 0.3) is 0 Å². The second-order valence-electron chi connectivity index (χ2n) is 3.97. The number of carbonyl (C=O) groups is 1. The van der Waals surface area contributed by atoms with Gasteiger partial charge in [0, 0.05) is 23.5 Å². The van der Waals surface area contributed by atoms with Crippen molar-refractivity contribution in [3.8, 4) is 0 Å². The minimum Gasteiger partial charge on any atom is -0.302 e. The molecule has 1 N–H and O–H groups in total. The van der Waals surface area contributed by atoms with Crippen molar-refractivity contribution in [1.29, 1.82) is 0 Å². The zero-order chi connectivity index (χ0) is 12.8. The minimum atomic E-state index is -0.0552. The van der Waals surface area contributed by atoms with E-state index in [-0.39, 0.29) is 5.91 Å². The highest BCUT2D eigenvalue weighted by molar-refractivity contribution is 7.15. The first-order valence-corrected chi connectivity index (χ1v) is 6.73. The van der Waals surface area contributed by atoms with Crippen LogP contribution in [0.5, 0.6) is 0 Å². The molecule has 0 saturated carbocycles. The van der Waals surface area contributed by atoms with E-state index in [0.717, 1.165) is 18.4 Å². The van der Waals surface area contributed by atoms with Crippen LogP contribution in [0.1, 0.15) is 23.8 Å². The van der Waals surface area contributed by atoms with E-state index in [4.69, 9.17) is 0 Å². The van der Waals surface area contributed by atoms with E-state index in [1.807, 2.05) is 18.3 Å². The van der Waals surface area contributed by atoms with Gasteiger partial charge in [-0.15, -0.1) is 11.3 Å². The first kappa shape index (κ1) is 12.7. The number of aryl methyl sites for hydroxylation is 1. The summed E-state index contributed by atoms with van der Waals surface area (Å²) in [6, 6.07) is 3.71. The molecule has 5 heteroatoms. The highest BCUT2D eigenvalue weighted by Gasteiger charge is 2.07. The van der Waals surface area contributed by atoms with Crippen molar-refractivity contribution < 1.29 is 4.79 Å². The molecule has 0 fully saturated rings. The lowest BCUT2D eigenvalue weighted by Gasteiger charge is -2.00. The number of anilines is 1. The molecule has 94 valence electrons. The van der Waals surface area contributed by atoms with E-state index in [1.54, 1.807) is 12.4 Å². The first-order chi connectivity index (χ1) is 8.78. The van der Waals surface area contributed by atoms with Crippen molar-refractivity contribution in [3.63, 3.8) is 0 Å². The van der Waals surface area contributed by atoms with Crippen molar-refractivity contribution in [3.05, 3.63) is 41.2 Å². The largest absolute Gasteiger partial charge is 0.302 e. The number of nitrogens with one attached hydrogen (secondary N) is 1. The molecule has 0 aromatic carbocycles. The van der Waals surface area contributed by atoms with Crippen molar-refractivity contribution in [2.24, 2.45) is 0 Å². The highest BCUT2D eigenvalue weighted by Crippen LogP contribution is 2.19. The minimum absolute atomic E-state index is 0.0552. The molecule has 1 amide bonds. The number of carbonyl (C=O) groups excluding carboxylic acids is 1. The number of aromatic nitrogens is 2. The van der Waals surface area contributed by atoms with Gasteiger partial charge in [0.2, 0.25) is 5.91 Å². The second kappa shape index (κ2) is 6.26. The number of rotatable bonds is 5. The summed E-state index contributed by atoms with van der Waals surface area (Å²) >= 11 is 1.54. The molecule has 2 aromatic rings. The summed E-state index contributed by atoms with van der Waals surface area (Å²) in [6.45, 7) is 2.13. The van der Waals surface area contributed by atoms with E-state index in [9.17, 15) is 4.79 Å². The molecule has 2 rings (SSSR count). The summed E-state index contributed by atoms with van der Waals surface area (Å²) in [6.07, 6.45) is 7.65. The molecule has 4 nitrogen and oxygen atoms in total. The predicted octanol–water partition coefficient (Wildman–Crippen LogP) is 2.67. The lowest BCUT2D eigenvalue weighted by molar-refractivity contribution is -0.115. The van der Waals surface area contributed by atoms with Gasteiger partial charge >= 0.3 is 0 Å². The Balaban J connectivity index is 1.90. The maximum atomic E-state index is 11.8. The fourth-order valence-electron chi connectivity index (χ4n) is 1.58. The zero-order valence-corrected chi connectivity index (χ0v) is 11.0. The predicted molar refractivity (Wildman–Crippen MR) is 72.7 cm³/mol. The van der Waals surface area contributed by atoms with E-state index < -0.39 is 0 Å².